The van der Waals surface area contributed by atoms with Gasteiger partial charge in [-0.3, -0.25) is 4.79 Å². The minimum absolute atomic E-state index is 0.181. The van der Waals surface area contributed by atoms with Crippen molar-refractivity contribution >= 4 is 5.97 Å². The number of aromatic nitrogens is 1. The van der Waals surface area contributed by atoms with Crippen LogP contribution in [0.2, 0.25) is 0 Å². The SMILES string of the molecule is CCCn1c(-c2ccccc2)cc(=O)c(C(=O)O)c1-c1ccccc1. The van der Waals surface area contributed by atoms with Gasteiger partial charge in [-0.15, -0.1) is 0 Å². The van der Waals surface area contributed by atoms with E-state index in [0.29, 0.717) is 12.2 Å². The fourth-order valence-electron chi connectivity index (χ4n) is 3.05. The summed E-state index contributed by atoms with van der Waals surface area (Å²) in [4.78, 5) is 24.4. The summed E-state index contributed by atoms with van der Waals surface area (Å²) in [6.45, 7) is 2.65. The molecule has 0 fully saturated rings. The first kappa shape index (κ1) is 16.7. The summed E-state index contributed by atoms with van der Waals surface area (Å²) in [6.07, 6.45) is 0.821. The quantitative estimate of drug-likeness (QED) is 0.758. The van der Waals surface area contributed by atoms with E-state index in [4.69, 9.17) is 0 Å². The van der Waals surface area contributed by atoms with Gasteiger partial charge >= 0.3 is 5.97 Å². The molecule has 1 N–H and O–H groups in total. The lowest BCUT2D eigenvalue weighted by atomic mass is 10.0. The van der Waals surface area contributed by atoms with Crippen LogP contribution in [0, 0.1) is 0 Å². The summed E-state index contributed by atoms with van der Waals surface area (Å²) >= 11 is 0. The number of carbonyl (C=O) groups is 1. The van der Waals surface area contributed by atoms with E-state index in [0.717, 1.165) is 23.2 Å². The molecule has 126 valence electrons. The first-order valence-corrected chi connectivity index (χ1v) is 8.25. The molecule has 0 saturated heterocycles. The van der Waals surface area contributed by atoms with Crippen LogP contribution in [0.4, 0.5) is 0 Å². The minimum atomic E-state index is -1.20. The maximum atomic E-state index is 12.6. The number of aromatic carboxylic acids is 1. The highest BCUT2D eigenvalue weighted by molar-refractivity contribution is 5.95. The predicted octanol–water partition coefficient (Wildman–Crippen LogP) is 4.29. The van der Waals surface area contributed by atoms with E-state index in [1.807, 2.05) is 72.2 Å². The molecule has 0 atom stereocenters. The predicted molar refractivity (Wildman–Crippen MR) is 98.8 cm³/mol. The largest absolute Gasteiger partial charge is 0.477 e. The van der Waals surface area contributed by atoms with Crippen LogP contribution in [0.15, 0.2) is 71.5 Å². The third-order valence-corrected chi connectivity index (χ3v) is 4.09. The zero-order chi connectivity index (χ0) is 17.8. The van der Waals surface area contributed by atoms with Crippen molar-refractivity contribution in [3.8, 4) is 22.5 Å². The Morgan fingerprint density at radius 3 is 2.04 bits per heavy atom. The molecule has 25 heavy (non-hydrogen) atoms. The molecule has 1 aromatic heterocycles. The molecule has 0 saturated carbocycles. The Bertz CT molecular complexity index is 944. The van der Waals surface area contributed by atoms with Gasteiger partial charge in [0.1, 0.15) is 5.56 Å². The summed E-state index contributed by atoms with van der Waals surface area (Å²) < 4.78 is 1.94. The number of benzene rings is 2. The molecule has 4 nitrogen and oxygen atoms in total. The van der Waals surface area contributed by atoms with Crippen LogP contribution < -0.4 is 5.43 Å². The summed E-state index contributed by atoms with van der Waals surface area (Å²) in [7, 11) is 0. The Kier molecular flexibility index (Phi) is 4.80. The van der Waals surface area contributed by atoms with Gasteiger partial charge in [0, 0.05) is 12.6 Å². The normalized spacial score (nSPS) is 10.6. The number of carboxylic acids is 1. The van der Waals surface area contributed by atoms with Crippen LogP contribution in [0.5, 0.6) is 0 Å². The van der Waals surface area contributed by atoms with Gasteiger partial charge < -0.3 is 9.67 Å². The average molecular weight is 333 g/mol. The molecular weight excluding hydrogens is 314 g/mol. The lowest BCUT2D eigenvalue weighted by Crippen LogP contribution is -2.22. The van der Waals surface area contributed by atoms with Crippen LogP contribution in [0.3, 0.4) is 0 Å². The molecule has 0 aliphatic heterocycles. The smallest absolute Gasteiger partial charge is 0.341 e. The standard InChI is InChI=1S/C21H19NO3/c1-2-13-22-17(15-9-5-3-6-10-15)14-18(23)19(21(24)25)20(22)16-11-7-4-8-12-16/h3-12,14H,2,13H2,1H3,(H,24,25). The monoisotopic (exact) mass is 333 g/mol. The molecule has 0 aliphatic carbocycles. The second-order valence-electron chi connectivity index (χ2n) is 5.81. The summed E-state index contributed by atoms with van der Waals surface area (Å²) in [5, 5.41) is 9.65. The Hall–Kier alpha value is -3.14. The van der Waals surface area contributed by atoms with E-state index in [-0.39, 0.29) is 5.56 Å². The van der Waals surface area contributed by atoms with Crippen molar-refractivity contribution in [1.82, 2.24) is 4.57 Å². The second kappa shape index (κ2) is 7.18. The van der Waals surface area contributed by atoms with E-state index in [1.54, 1.807) is 0 Å². The molecule has 0 bridgehead atoms. The molecule has 1 heterocycles. The topological polar surface area (TPSA) is 59.3 Å². The Morgan fingerprint density at radius 2 is 1.52 bits per heavy atom. The van der Waals surface area contributed by atoms with Gasteiger partial charge in [-0.2, -0.15) is 0 Å². The maximum Gasteiger partial charge on any atom is 0.341 e. The van der Waals surface area contributed by atoms with Crippen LogP contribution in [-0.2, 0) is 6.54 Å². The van der Waals surface area contributed by atoms with E-state index in [1.165, 1.54) is 6.07 Å². The van der Waals surface area contributed by atoms with Gasteiger partial charge in [0.15, 0.2) is 5.43 Å². The highest BCUT2D eigenvalue weighted by Gasteiger charge is 2.22. The molecular formula is C21H19NO3. The van der Waals surface area contributed by atoms with Gasteiger partial charge in [-0.25, -0.2) is 4.79 Å². The molecule has 0 aliphatic rings. The highest BCUT2D eigenvalue weighted by atomic mass is 16.4. The van der Waals surface area contributed by atoms with Crippen LogP contribution in [0.1, 0.15) is 23.7 Å². The van der Waals surface area contributed by atoms with E-state index >= 15 is 0 Å². The van der Waals surface area contributed by atoms with Crippen molar-refractivity contribution in [1.29, 1.82) is 0 Å². The molecule has 0 spiro atoms. The summed E-state index contributed by atoms with van der Waals surface area (Å²) in [6, 6.07) is 20.2. The summed E-state index contributed by atoms with van der Waals surface area (Å²) in [5.41, 5.74) is 2.15. The molecule has 4 heteroatoms. The molecule has 0 amide bonds. The van der Waals surface area contributed by atoms with Gasteiger partial charge in [0.05, 0.1) is 11.4 Å². The van der Waals surface area contributed by atoms with Gasteiger partial charge in [-0.05, 0) is 17.5 Å². The van der Waals surface area contributed by atoms with Crippen LogP contribution in [-0.4, -0.2) is 15.6 Å². The first-order valence-electron chi connectivity index (χ1n) is 8.25. The number of rotatable bonds is 5. The van der Waals surface area contributed by atoms with Crippen molar-refractivity contribution < 1.29 is 9.90 Å². The molecule has 3 aromatic rings. The lowest BCUT2D eigenvalue weighted by molar-refractivity contribution is 0.0695. The number of carboxylic acid groups (broad SMARTS) is 1. The zero-order valence-electron chi connectivity index (χ0n) is 14.0. The molecule has 2 aromatic carbocycles. The fraction of sp³-hybridized carbons (Fsp3) is 0.143. The first-order chi connectivity index (χ1) is 12.1. The molecule has 0 unspecified atom stereocenters. The van der Waals surface area contributed by atoms with Crippen molar-refractivity contribution in [2.24, 2.45) is 0 Å². The van der Waals surface area contributed by atoms with E-state index < -0.39 is 11.4 Å². The molecule has 3 rings (SSSR count). The van der Waals surface area contributed by atoms with Gasteiger partial charge in [0.2, 0.25) is 0 Å². The number of nitrogens with zero attached hydrogens (tertiary/aromatic N) is 1. The molecule has 0 radical (unpaired) electrons. The third-order valence-electron chi connectivity index (χ3n) is 4.09. The highest BCUT2D eigenvalue weighted by Crippen LogP contribution is 2.28. The Morgan fingerprint density at radius 1 is 0.960 bits per heavy atom. The Labute approximate surface area is 146 Å². The summed E-state index contributed by atoms with van der Waals surface area (Å²) in [5.74, 6) is -1.20. The van der Waals surface area contributed by atoms with Crippen LogP contribution in [0.25, 0.3) is 22.5 Å². The number of pyridine rings is 1. The fourth-order valence-corrected chi connectivity index (χ4v) is 3.05. The van der Waals surface area contributed by atoms with Gasteiger partial charge in [0.25, 0.3) is 0 Å². The van der Waals surface area contributed by atoms with Crippen molar-refractivity contribution in [2.75, 3.05) is 0 Å². The average Bonchev–Trinajstić information content (AvgIpc) is 2.63. The Balaban J connectivity index is 2.42. The third kappa shape index (κ3) is 3.24. The zero-order valence-corrected chi connectivity index (χ0v) is 14.0. The lowest BCUT2D eigenvalue weighted by Gasteiger charge is -2.20. The van der Waals surface area contributed by atoms with Crippen molar-refractivity contribution in [3.05, 3.63) is 82.5 Å². The van der Waals surface area contributed by atoms with E-state index in [9.17, 15) is 14.7 Å². The van der Waals surface area contributed by atoms with E-state index in [2.05, 4.69) is 0 Å². The number of hydrogen-bond donors (Lipinski definition) is 1. The van der Waals surface area contributed by atoms with Crippen molar-refractivity contribution in [2.45, 2.75) is 19.9 Å². The second-order valence-corrected chi connectivity index (χ2v) is 5.81. The maximum absolute atomic E-state index is 12.6. The van der Waals surface area contributed by atoms with Crippen molar-refractivity contribution in [3.63, 3.8) is 0 Å². The number of hydrogen-bond acceptors (Lipinski definition) is 2. The van der Waals surface area contributed by atoms with Gasteiger partial charge in [-0.1, -0.05) is 67.6 Å². The van der Waals surface area contributed by atoms with Crippen LogP contribution >= 0.6 is 0 Å². The minimum Gasteiger partial charge on any atom is -0.477 e.